The molecule has 0 fully saturated rings. The molecule has 0 unspecified atom stereocenters. The van der Waals surface area contributed by atoms with Crippen LogP contribution in [0.25, 0.3) is 5.76 Å². The maximum absolute atomic E-state index is 12.7. The van der Waals surface area contributed by atoms with Crippen LogP contribution in [0.2, 0.25) is 0 Å². The Morgan fingerprint density at radius 2 is 2.00 bits per heavy atom. The van der Waals surface area contributed by atoms with Crippen LogP contribution in [0.5, 0.6) is 0 Å². The molecule has 0 N–H and O–H groups in total. The molecule has 0 radical (unpaired) electrons. The number of nitrogens with zero attached hydrogens (tertiary/aromatic N) is 3. The van der Waals surface area contributed by atoms with Crippen LogP contribution in [0.4, 0.5) is 24.5 Å². The second-order valence-corrected chi connectivity index (χ2v) is 4.59. The predicted octanol–water partition coefficient (Wildman–Crippen LogP) is 4.05. The maximum Gasteiger partial charge on any atom is 0.429 e. The number of anilines is 1. The number of hydrogen-bond acceptors (Lipinski definition) is 4. The first-order valence-corrected chi connectivity index (χ1v) is 6.34. The van der Waals surface area contributed by atoms with Gasteiger partial charge in [-0.3, -0.25) is 4.99 Å². The standard InChI is InChI=1S/C15H18F3N3O/c1-10(22-5)12-6-7-14(21(4)9-19-3)13(8-12)20-11(2)15(16,17)18/h6-8H,1,3,9H2,2,4-5H3. The fraction of sp³-hybridized carbons (Fsp3) is 0.333. The fourth-order valence-electron chi connectivity index (χ4n) is 1.70. The number of alkyl halides is 3. The molecule has 1 aromatic carbocycles. The molecule has 7 heteroatoms. The van der Waals surface area contributed by atoms with E-state index in [9.17, 15) is 13.2 Å². The Hall–Kier alpha value is -2.31. The zero-order valence-corrected chi connectivity index (χ0v) is 12.7. The molecular formula is C15H18F3N3O. The maximum atomic E-state index is 12.7. The zero-order chi connectivity index (χ0) is 16.9. The Bertz CT molecular complexity index is 594. The van der Waals surface area contributed by atoms with Gasteiger partial charge in [-0.1, -0.05) is 6.58 Å². The van der Waals surface area contributed by atoms with Crippen molar-refractivity contribution in [2.24, 2.45) is 9.98 Å². The minimum Gasteiger partial charge on any atom is -0.497 e. The van der Waals surface area contributed by atoms with Gasteiger partial charge in [0.2, 0.25) is 0 Å². The SMILES string of the molecule is C=NCN(C)c1ccc(C(=C)OC)cc1N=C(C)C(F)(F)F. The smallest absolute Gasteiger partial charge is 0.429 e. The molecule has 4 nitrogen and oxygen atoms in total. The van der Waals surface area contributed by atoms with Gasteiger partial charge in [-0.2, -0.15) is 13.2 Å². The summed E-state index contributed by atoms with van der Waals surface area (Å²) in [6.07, 6.45) is -4.49. The number of aliphatic imine (C=N–C) groups is 2. The van der Waals surface area contributed by atoms with Gasteiger partial charge in [0.15, 0.2) is 0 Å². The largest absolute Gasteiger partial charge is 0.497 e. The Morgan fingerprint density at radius 3 is 2.50 bits per heavy atom. The third-order valence-corrected chi connectivity index (χ3v) is 2.97. The van der Waals surface area contributed by atoms with Gasteiger partial charge in [-0.25, -0.2) is 4.99 Å². The highest BCUT2D eigenvalue weighted by atomic mass is 19.4. The average molecular weight is 313 g/mol. The van der Waals surface area contributed by atoms with Gasteiger partial charge in [0.05, 0.1) is 18.5 Å². The van der Waals surface area contributed by atoms with Gasteiger partial charge in [0, 0.05) is 12.6 Å². The normalized spacial score (nSPS) is 12.0. The van der Waals surface area contributed by atoms with E-state index in [-0.39, 0.29) is 12.4 Å². The molecule has 0 heterocycles. The summed E-state index contributed by atoms with van der Waals surface area (Å²) in [5.74, 6) is 0.345. The third-order valence-electron chi connectivity index (χ3n) is 2.97. The lowest BCUT2D eigenvalue weighted by atomic mass is 10.1. The lowest BCUT2D eigenvalue weighted by Crippen LogP contribution is -2.20. The van der Waals surface area contributed by atoms with Crippen LogP contribution in [-0.2, 0) is 4.74 Å². The number of hydrogen-bond donors (Lipinski definition) is 0. The highest BCUT2D eigenvalue weighted by Gasteiger charge is 2.32. The summed E-state index contributed by atoms with van der Waals surface area (Å²) in [6, 6.07) is 4.84. The van der Waals surface area contributed by atoms with Crippen LogP contribution < -0.4 is 4.90 Å². The highest BCUT2D eigenvalue weighted by Crippen LogP contribution is 2.33. The van der Waals surface area contributed by atoms with E-state index < -0.39 is 11.9 Å². The molecule has 0 aromatic heterocycles. The van der Waals surface area contributed by atoms with Crippen molar-refractivity contribution < 1.29 is 17.9 Å². The van der Waals surface area contributed by atoms with Crippen LogP contribution >= 0.6 is 0 Å². The Balaban J connectivity index is 3.40. The number of benzene rings is 1. The van der Waals surface area contributed by atoms with E-state index in [2.05, 4.69) is 23.3 Å². The molecule has 0 amide bonds. The molecule has 0 saturated heterocycles. The van der Waals surface area contributed by atoms with Gasteiger partial charge >= 0.3 is 6.18 Å². The molecule has 0 aliphatic rings. The van der Waals surface area contributed by atoms with Crippen molar-refractivity contribution in [3.8, 4) is 0 Å². The van der Waals surface area contributed by atoms with E-state index >= 15 is 0 Å². The van der Waals surface area contributed by atoms with Crippen LogP contribution in [0.15, 0.2) is 34.8 Å². The van der Waals surface area contributed by atoms with Gasteiger partial charge < -0.3 is 9.64 Å². The molecule has 0 atom stereocenters. The van der Waals surface area contributed by atoms with Gasteiger partial charge in [-0.05, 0) is 31.8 Å². The van der Waals surface area contributed by atoms with Crippen LogP contribution in [0.1, 0.15) is 12.5 Å². The van der Waals surface area contributed by atoms with Gasteiger partial charge in [0.25, 0.3) is 0 Å². The average Bonchev–Trinajstić information content (AvgIpc) is 2.45. The van der Waals surface area contributed by atoms with E-state index in [0.29, 0.717) is 17.0 Å². The topological polar surface area (TPSA) is 37.2 Å². The predicted molar refractivity (Wildman–Crippen MR) is 84.1 cm³/mol. The minimum absolute atomic E-state index is 0.164. The molecule has 22 heavy (non-hydrogen) atoms. The molecule has 120 valence electrons. The minimum atomic E-state index is -4.49. The number of rotatable bonds is 6. The first kappa shape index (κ1) is 17.7. The van der Waals surface area contributed by atoms with E-state index in [4.69, 9.17) is 4.74 Å². The summed E-state index contributed by atoms with van der Waals surface area (Å²) in [5, 5.41) is 0. The Morgan fingerprint density at radius 1 is 1.36 bits per heavy atom. The van der Waals surface area contributed by atoms with Crippen molar-refractivity contribution in [2.75, 3.05) is 25.7 Å². The quantitative estimate of drug-likeness (QED) is 0.587. The molecule has 0 spiro atoms. The van der Waals surface area contributed by atoms with Crippen molar-refractivity contribution in [3.05, 3.63) is 30.3 Å². The molecule has 0 aliphatic carbocycles. The summed E-state index contributed by atoms with van der Waals surface area (Å²) >= 11 is 0. The van der Waals surface area contributed by atoms with Crippen molar-refractivity contribution in [1.82, 2.24) is 0 Å². The molecule has 1 rings (SSSR count). The summed E-state index contributed by atoms with van der Waals surface area (Å²) in [6.45, 7) is 8.22. The number of halogens is 3. The van der Waals surface area contributed by atoms with Crippen molar-refractivity contribution in [2.45, 2.75) is 13.1 Å². The number of ether oxygens (including phenoxy) is 1. The third kappa shape index (κ3) is 4.34. The van der Waals surface area contributed by atoms with Crippen LogP contribution in [0.3, 0.4) is 0 Å². The zero-order valence-electron chi connectivity index (χ0n) is 12.7. The molecule has 0 bridgehead atoms. The van der Waals surface area contributed by atoms with Crippen LogP contribution in [-0.4, -0.2) is 39.4 Å². The first-order valence-electron chi connectivity index (χ1n) is 6.34. The summed E-state index contributed by atoms with van der Waals surface area (Å²) < 4.78 is 43.2. The van der Waals surface area contributed by atoms with Crippen LogP contribution in [0, 0.1) is 0 Å². The monoisotopic (exact) mass is 313 g/mol. The lowest BCUT2D eigenvalue weighted by molar-refractivity contribution is -0.0591. The summed E-state index contributed by atoms with van der Waals surface area (Å²) in [7, 11) is 3.13. The van der Waals surface area contributed by atoms with Crippen molar-refractivity contribution in [1.29, 1.82) is 0 Å². The fourth-order valence-corrected chi connectivity index (χ4v) is 1.70. The van der Waals surface area contributed by atoms with Gasteiger partial charge in [-0.15, -0.1) is 0 Å². The van der Waals surface area contributed by atoms with Crippen molar-refractivity contribution in [3.63, 3.8) is 0 Å². The lowest BCUT2D eigenvalue weighted by Gasteiger charge is -2.20. The molecular weight excluding hydrogens is 295 g/mol. The molecule has 0 aliphatic heterocycles. The second-order valence-electron chi connectivity index (χ2n) is 4.59. The van der Waals surface area contributed by atoms with Crippen molar-refractivity contribution >= 4 is 29.6 Å². The second kappa shape index (κ2) is 7.11. The molecule has 0 saturated carbocycles. The highest BCUT2D eigenvalue weighted by molar-refractivity contribution is 5.91. The Labute approximate surface area is 127 Å². The van der Waals surface area contributed by atoms with E-state index in [1.807, 2.05) is 0 Å². The van der Waals surface area contributed by atoms with E-state index in [1.54, 1.807) is 24.1 Å². The first-order chi connectivity index (χ1) is 10.2. The summed E-state index contributed by atoms with van der Waals surface area (Å²) in [4.78, 5) is 9.07. The van der Waals surface area contributed by atoms with E-state index in [0.717, 1.165) is 6.92 Å². The number of methoxy groups -OCH3 is 1. The Kier molecular flexibility index (Phi) is 5.73. The molecule has 1 aromatic rings. The summed E-state index contributed by atoms with van der Waals surface area (Å²) in [5.41, 5.74) is 0.286. The van der Waals surface area contributed by atoms with Gasteiger partial charge in [0.1, 0.15) is 18.1 Å². The van der Waals surface area contributed by atoms with E-state index in [1.165, 1.54) is 13.2 Å².